The zero-order valence-corrected chi connectivity index (χ0v) is 6.44. The minimum atomic E-state index is -7.22. The standard InChI is InChI=1S/Bi.4FH.H3N/h;4*1H;1H3/q+3;;;;;/p-3. The smallest absolute Gasteiger partial charge is 0.369 e. The summed E-state index contributed by atoms with van der Waals surface area (Å²) in [6, 6.07) is 0. The Labute approximate surface area is 39.9 Å². The summed E-state index contributed by atoms with van der Waals surface area (Å²) >= 11 is -7.22. The van der Waals surface area contributed by atoms with Crippen molar-refractivity contribution in [3.8, 4) is 0 Å². The van der Waals surface area contributed by atoms with Crippen LogP contribution in [0.5, 0.6) is 0 Å². The molecular weight excluding hydrogens is 299 g/mol. The van der Waals surface area contributed by atoms with E-state index in [-0.39, 0.29) is 6.15 Å². The Kier molecular flexibility index (Phi) is 4.37. The van der Waals surface area contributed by atoms with E-state index in [1.54, 1.807) is 0 Å². The van der Waals surface area contributed by atoms with E-state index in [2.05, 4.69) is 0 Å². The maximum atomic E-state index is 9.90. The van der Waals surface area contributed by atoms with Crippen LogP contribution in [-0.2, 0) is 0 Å². The van der Waals surface area contributed by atoms with Crippen molar-refractivity contribution in [2.45, 2.75) is 0 Å². The number of hydrogen-bond donors (Lipinski definition) is 1. The van der Waals surface area contributed by atoms with Crippen molar-refractivity contribution in [1.82, 2.24) is 6.15 Å². The van der Waals surface area contributed by atoms with Crippen LogP contribution >= 0.6 is 0 Å². The molecule has 0 rings (SSSR count). The predicted molar refractivity (Wildman–Crippen MR) is 16.2 cm³/mol. The number of halogens is 4. The quantitative estimate of drug-likeness (QED) is 0.522. The third kappa shape index (κ3) is 183. The first-order valence-electron chi connectivity index (χ1n) is 0.676. The van der Waals surface area contributed by atoms with Gasteiger partial charge in [-0.2, -0.15) is 0 Å². The van der Waals surface area contributed by atoms with E-state index < -0.39 is 22.7 Å². The van der Waals surface area contributed by atoms with Crippen molar-refractivity contribution in [3.63, 3.8) is 0 Å². The van der Waals surface area contributed by atoms with Crippen LogP contribution in [0.15, 0.2) is 0 Å². The molecule has 6 heavy (non-hydrogen) atoms. The van der Waals surface area contributed by atoms with Crippen LogP contribution < -0.4 is 6.15 Å². The van der Waals surface area contributed by atoms with Gasteiger partial charge >= 0.3 is 33.2 Å². The SMILES string of the molecule is [F][Bi-]([F])([F])[F].[NH4+]. The maximum absolute atomic E-state index is 9.90. The van der Waals surface area contributed by atoms with Crippen LogP contribution in [0.25, 0.3) is 0 Å². The summed E-state index contributed by atoms with van der Waals surface area (Å²) in [6.45, 7) is 0. The third-order valence-electron chi connectivity index (χ3n) is 0. The van der Waals surface area contributed by atoms with Gasteiger partial charge in [-0.25, -0.2) is 0 Å². The Morgan fingerprint density at radius 3 is 0.833 bits per heavy atom. The topological polar surface area (TPSA) is 36.5 Å². The Hall–Kier alpha value is 0.563. The fraction of sp³-hybridized carbons (Fsp3) is 0. The van der Waals surface area contributed by atoms with Gasteiger partial charge in [0.1, 0.15) is 0 Å². The van der Waals surface area contributed by atoms with Crippen LogP contribution in [0, 0.1) is 0 Å². The second-order valence-electron chi connectivity index (χ2n) is 0.383. The van der Waals surface area contributed by atoms with Crippen molar-refractivity contribution < 1.29 is 10.5 Å². The van der Waals surface area contributed by atoms with Crippen molar-refractivity contribution in [2.24, 2.45) is 0 Å². The van der Waals surface area contributed by atoms with Gasteiger partial charge in [0, 0.05) is 0 Å². The van der Waals surface area contributed by atoms with Crippen LogP contribution in [0.1, 0.15) is 0 Å². The zero-order chi connectivity index (χ0) is 4.50. The molecule has 0 aliphatic carbocycles. The van der Waals surface area contributed by atoms with E-state index >= 15 is 0 Å². The molecule has 0 spiro atoms. The summed E-state index contributed by atoms with van der Waals surface area (Å²) in [5.74, 6) is 0. The molecule has 0 saturated heterocycles. The van der Waals surface area contributed by atoms with E-state index in [9.17, 15) is 10.5 Å². The number of rotatable bonds is 0. The van der Waals surface area contributed by atoms with E-state index in [0.29, 0.717) is 0 Å². The number of quaternary nitrogens is 1. The first kappa shape index (κ1) is 9.75. The molecule has 0 fully saturated rings. The average molecular weight is 303 g/mol. The van der Waals surface area contributed by atoms with Gasteiger partial charge in [0.15, 0.2) is 0 Å². The molecule has 6 heteroatoms. The molecule has 4 N–H and O–H groups in total. The van der Waals surface area contributed by atoms with E-state index in [4.69, 9.17) is 0 Å². The monoisotopic (exact) mass is 303 g/mol. The molecule has 0 bridgehead atoms. The second kappa shape index (κ2) is 2.69. The van der Waals surface area contributed by atoms with E-state index in [1.165, 1.54) is 0 Å². The van der Waals surface area contributed by atoms with Gasteiger partial charge in [-0.3, -0.25) is 0 Å². The summed E-state index contributed by atoms with van der Waals surface area (Å²) in [5.41, 5.74) is 0. The van der Waals surface area contributed by atoms with Crippen molar-refractivity contribution in [3.05, 3.63) is 0 Å². The van der Waals surface area contributed by atoms with Gasteiger partial charge in [-0.1, -0.05) is 0 Å². The summed E-state index contributed by atoms with van der Waals surface area (Å²) in [6.07, 6.45) is 0. The van der Waals surface area contributed by atoms with Crippen molar-refractivity contribution in [1.29, 1.82) is 0 Å². The maximum Gasteiger partial charge on any atom is -0.369 e. The van der Waals surface area contributed by atoms with E-state index in [0.717, 1.165) is 0 Å². The normalized spacial score (nSPS) is 12.7. The molecule has 0 unspecified atom stereocenters. The van der Waals surface area contributed by atoms with Gasteiger partial charge in [-0.05, 0) is 0 Å². The zero-order valence-electron chi connectivity index (χ0n) is 2.96. The molecular formula is H4BiF4N. The van der Waals surface area contributed by atoms with Crippen LogP contribution in [0.4, 0.5) is 10.5 Å². The molecule has 0 radical (unpaired) electrons. The van der Waals surface area contributed by atoms with Crippen molar-refractivity contribution in [2.75, 3.05) is 0 Å². The summed E-state index contributed by atoms with van der Waals surface area (Å²) in [5, 5.41) is 0. The van der Waals surface area contributed by atoms with Gasteiger partial charge in [0.05, 0.1) is 0 Å². The molecule has 0 heterocycles. The largest absolute Gasteiger partial charge is 0.369 e. The first-order chi connectivity index (χ1) is 2.00. The Bertz CT molecular complexity index is 23.0. The fourth-order valence-corrected chi connectivity index (χ4v) is 0. The van der Waals surface area contributed by atoms with Crippen LogP contribution in [-0.4, -0.2) is 22.7 Å². The Morgan fingerprint density at radius 1 is 0.833 bits per heavy atom. The van der Waals surface area contributed by atoms with Gasteiger partial charge < -0.3 is 6.15 Å². The molecule has 0 aromatic heterocycles. The van der Waals surface area contributed by atoms with Gasteiger partial charge in [0.25, 0.3) is 0 Å². The summed E-state index contributed by atoms with van der Waals surface area (Å²) in [4.78, 5) is 0. The minimum absolute atomic E-state index is 0. The Morgan fingerprint density at radius 2 is 0.833 bits per heavy atom. The molecule has 0 amide bonds. The van der Waals surface area contributed by atoms with Crippen LogP contribution in [0.2, 0.25) is 0 Å². The van der Waals surface area contributed by atoms with Gasteiger partial charge in [-0.15, -0.1) is 0 Å². The van der Waals surface area contributed by atoms with Crippen LogP contribution in [0.3, 0.4) is 0 Å². The van der Waals surface area contributed by atoms with Gasteiger partial charge in [0.2, 0.25) is 0 Å². The summed E-state index contributed by atoms with van der Waals surface area (Å²) in [7, 11) is 0. The molecule has 0 aromatic rings. The first-order valence-corrected chi connectivity index (χ1v) is 5.93. The Balaban J connectivity index is 0. The molecule has 0 aromatic carbocycles. The predicted octanol–water partition coefficient (Wildman–Crippen LogP) is 1.68. The molecule has 1 nitrogen and oxygen atoms in total. The second-order valence-corrected chi connectivity index (χ2v) is 3.36. The van der Waals surface area contributed by atoms with E-state index in [1.807, 2.05) is 0 Å². The molecule has 42 valence electrons. The third-order valence-corrected chi connectivity index (χ3v) is 0. The fourth-order valence-electron chi connectivity index (χ4n) is 0. The molecule has 0 saturated carbocycles. The molecule has 0 atom stereocenters. The average Bonchev–Trinajstić information content (AvgIpc) is 0.722. The molecule has 0 aliphatic heterocycles. The number of hydrogen-bond acceptors (Lipinski definition) is 0. The minimum Gasteiger partial charge on any atom is -0.369 e. The summed E-state index contributed by atoms with van der Waals surface area (Å²) < 4.78 is 39.6. The van der Waals surface area contributed by atoms with Crippen molar-refractivity contribution >= 4 is 22.7 Å². The molecule has 0 aliphatic rings.